The summed E-state index contributed by atoms with van der Waals surface area (Å²) in [7, 11) is 0. The molecule has 7 rings (SSSR count). The first-order valence-corrected chi connectivity index (χ1v) is 13.6. The maximum absolute atomic E-state index is 11.7. The van der Waals surface area contributed by atoms with Gasteiger partial charge in [-0.05, 0) is 37.1 Å². The Kier molecular flexibility index (Phi) is 7.74. The maximum Gasteiger partial charge on any atom is 0.490 e. The number of imidazole rings is 1. The molecule has 0 bridgehead atoms. The number of H-pyrrole nitrogens is 1. The van der Waals surface area contributed by atoms with Crippen molar-refractivity contribution < 1.29 is 32.2 Å². The quantitative estimate of drug-likeness (QED) is 0.288. The molecule has 1 aliphatic rings. The van der Waals surface area contributed by atoms with Crippen LogP contribution in [0, 0.1) is 0 Å². The molecule has 2 N–H and O–H groups in total. The van der Waals surface area contributed by atoms with Crippen LogP contribution in [0.2, 0.25) is 0 Å². The van der Waals surface area contributed by atoms with Crippen molar-refractivity contribution in [3.05, 3.63) is 88.9 Å². The number of para-hydroxylation sites is 1. The number of aromatic amines is 1. The number of rotatable bonds is 5. The molecule has 0 aliphatic carbocycles. The molecule has 1 fully saturated rings. The van der Waals surface area contributed by atoms with E-state index in [2.05, 4.69) is 38.7 Å². The molecule has 0 atom stereocenters. The summed E-state index contributed by atoms with van der Waals surface area (Å²) < 4.78 is 44.7. The maximum atomic E-state index is 11.7. The predicted octanol–water partition coefficient (Wildman–Crippen LogP) is 4.63. The first-order valence-electron chi connectivity index (χ1n) is 13.6. The molecule has 0 amide bonds. The second-order valence-electron chi connectivity index (χ2n) is 10.0. The van der Waals surface area contributed by atoms with E-state index < -0.39 is 17.9 Å². The molecular formula is C30H25F3N6O5. The number of anilines is 1. The van der Waals surface area contributed by atoms with Gasteiger partial charge in [0, 0.05) is 35.9 Å². The average Bonchev–Trinajstić information content (AvgIpc) is 3.62. The Morgan fingerprint density at radius 2 is 1.75 bits per heavy atom. The summed E-state index contributed by atoms with van der Waals surface area (Å²) in [5.41, 5.74) is 6.75. The number of aromatic nitrogens is 5. The summed E-state index contributed by atoms with van der Waals surface area (Å²) in [5, 5.41) is 8.26. The number of aliphatic carboxylic acids is 1. The van der Waals surface area contributed by atoms with Gasteiger partial charge in [0.05, 0.1) is 41.8 Å². The summed E-state index contributed by atoms with van der Waals surface area (Å²) in [6, 6.07) is 18.0. The van der Waals surface area contributed by atoms with Gasteiger partial charge < -0.3 is 19.2 Å². The highest BCUT2D eigenvalue weighted by atomic mass is 19.4. The Labute approximate surface area is 246 Å². The number of fused-ring (bicyclic) bond motifs is 3. The Balaban J connectivity index is 0.000000441. The lowest BCUT2D eigenvalue weighted by Crippen LogP contribution is -2.37. The molecule has 2 aromatic carbocycles. The summed E-state index contributed by atoms with van der Waals surface area (Å²) in [6.45, 7) is 2.87. The molecule has 1 saturated heterocycles. The Bertz CT molecular complexity index is 2030. The summed E-state index contributed by atoms with van der Waals surface area (Å²) >= 11 is 0. The largest absolute Gasteiger partial charge is 0.490 e. The number of carbonyl (C=O) groups is 1. The lowest BCUT2D eigenvalue weighted by molar-refractivity contribution is -0.192. The number of nitrogens with zero attached hydrogens (tertiary/aromatic N) is 5. The molecular weight excluding hydrogens is 581 g/mol. The van der Waals surface area contributed by atoms with Gasteiger partial charge >= 0.3 is 17.9 Å². The van der Waals surface area contributed by atoms with E-state index in [-0.39, 0.29) is 0 Å². The summed E-state index contributed by atoms with van der Waals surface area (Å²) in [6.07, 6.45) is 0.389. The molecule has 0 unspecified atom stereocenters. The number of carboxylic acids is 1. The fourth-order valence-corrected chi connectivity index (χ4v) is 4.95. The molecule has 44 heavy (non-hydrogen) atoms. The zero-order valence-corrected chi connectivity index (χ0v) is 23.0. The molecule has 0 spiro atoms. The number of carboxylic acid groups (broad SMARTS) is 1. The zero-order chi connectivity index (χ0) is 30.8. The number of oxazole rings is 1. The van der Waals surface area contributed by atoms with E-state index in [0.29, 0.717) is 24.3 Å². The van der Waals surface area contributed by atoms with Crippen LogP contribution in [-0.2, 0) is 22.4 Å². The Hall–Kier alpha value is -5.24. The molecule has 1 aliphatic heterocycles. The number of morpholine rings is 1. The second-order valence-corrected chi connectivity index (χ2v) is 10.0. The first-order chi connectivity index (χ1) is 21.2. The van der Waals surface area contributed by atoms with Crippen molar-refractivity contribution in [1.82, 2.24) is 24.3 Å². The van der Waals surface area contributed by atoms with E-state index in [4.69, 9.17) is 34.0 Å². The number of alkyl halides is 3. The normalized spacial score (nSPS) is 13.8. The number of halogens is 3. The third-order valence-corrected chi connectivity index (χ3v) is 7.09. The predicted molar refractivity (Wildman–Crippen MR) is 155 cm³/mol. The minimum Gasteiger partial charge on any atom is -0.475 e. The number of ether oxygens (including phenoxy) is 1. The monoisotopic (exact) mass is 606 g/mol. The van der Waals surface area contributed by atoms with Gasteiger partial charge in [0.2, 0.25) is 0 Å². The van der Waals surface area contributed by atoms with Crippen LogP contribution in [0.25, 0.3) is 38.9 Å². The number of benzene rings is 2. The van der Waals surface area contributed by atoms with E-state index in [9.17, 15) is 18.0 Å². The van der Waals surface area contributed by atoms with E-state index in [1.54, 1.807) is 0 Å². The third-order valence-electron chi connectivity index (χ3n) is 7.09. The van der Waals surface area contributed by atoms with Gasteiger partial charge in [0.1, 0.15) is 0 Å². The zero-order valence-electron chi connectivity index (χ0n) is 23.0. The molecule has 226 valence electrons. The van der Waals surface area contributed by atoms with E-state index in [1.807, 2.05) is 42.6 Å². The fraction of sp³-hybridized carbons (Fsp3) is 0.233. The standard InChI is InChI=1S/C28H24N6O3.C2HF3O2/c35-28-32-23-10-6-19(15-25(23)37-28)24-16-29-26(33-11-13-36-14-12-33)27-31-21(17-34(24)27)9-8-20-7-5-18-3-1-2-4-22(18)30-20;3-2(4,5)1(6)7/h1-7,10,15-17H,8-9,11-14H2,(H,32,35);(H,6,7). The number of nitrogens with one attached hydrogen (secondary N) is 1. The molecule has 4 aromatic heterocycles. The van der Waals surface area contributed by atoms with Gasteiger partial charge in [-0.25, -0.2) is 19.6 Å². The smallest absolute Gasteiger partial charge is 0.475 e. The summed E-state index contributed by atoms with van der Waals surface area (Å²) in [5.74, 6) is -2.38. The van der Waals surface area contributed by atoms with E-state index in [0.717, 1.165) is 70.9 Å². The van der Waals surface area contributed by atoms with Crippen LogP contribution < -0.4 is 10.7 Å². The molecule has 6 aromatic rings. The number of aryl methyl sites for hydroxylation is 2. The van der Waals surface area contributed by atoms with Crippen molar-refractivity contribution >= 4 is 39.4 Å². The van der Waals surface area contributed by atoms with Crippen LogP contribution in [0.3, 0.4) is 0 Å². The van der Waals surface area contributed by atoms with Gasteiger partial charge in [-0.2, -0.15) is 13.2 Å². The number of hydrogen-bond donors (Lipinski definition) is 2. The van der Waals surface area contributed by atoms with Gasteiger partial charge in [-0.1, -0.05) is 30.3 Å². The Morgan fingerprint density at radius 1 is 1.00 bits per heavy atom. The van der Waals surface area contributed by atoms with Crippen LogP contribution in [-0.4, -0.2) is 67.9 Å². The Morgan fingerprint density at radius 3 is 2.52 bits per heavy atom. The lowest BCUT2D eigenvalue weighted by Gasteiger charge is -2.28. The van der Waals surface area contributed by atoms with Crippen LogP contribution >= 0.6 is 0 Å². The van der Waals surface area contributed by atoms with Gasteiger partial charge in [0.15, 0.2) is 17.0 Å². The van der Waals surface area contributed by atoms with Gasteiger partial charge in [-0.15, -0.1) is 0 Å². The van der Waals surface area contributed by atoms with Crippen molar-refractivity contribution in [3.63, 3.8) is 0 Å². The molecule has 0 saturated carbocycles. The van der Waals surface area contributed by atoms with Crippen molar-refractivity contribution in [2.24, 2.45) is 0 Å². The second kappa shape index (κ2) is 11.8. The topological polar surface area (TPSA) is 139 Å². The molecule has 14 heteroatoms. The van der Waals surface area contributed by atoms with Crippen molar-refractivity contribution in [2.45, 2.75) is 19.0 Å². The average molecular weight is 607 g/mol. The fourth-order valence-electron chi connectivity index (χ4n) is 4.95. The van der Waals surface area contributed by atoms with E-state index in [1.165, 1.54) is 0 Å². The van der Waals surface area contributed by atoms with Crippen molar-refractivity contribution in [2.75, 3.05) is 31.2 Å². The highest BCUT2D eigenvalue weighted by molar-refractivity contribution is 5.81. The molecule has 11 nitrogen and oxygen atoms in total. The van der Waals surface area contributed by atoms with Crippen LogP contribution in [0.15, 0.2) is 76.2 Å². The number of pyridine rings is 1. The SMILES string of the molecule is O=C(O)C(F)(F)F.O=c1[nH]c2ccc(-c3cnc(N4CCOCC4)c4nc(CCc5ccc6ccccc6n5)cn34)cc2o1. The third kappa shape index (κ3) is 6.10. The summed E-state index contributed by atoms with van der Waals surface area (Å²) in [4.78, 5) is 40.2. The van der Waals surface area contributed by atoms with Crippen LogP contribution in [0.5, 0.6) is 0 Å². The minimum atomic E-state index is -5.08. The van der Waals surface area contributed by atoms with Gasteiger partial charge in [-0.3, -0.25) is 14.4 Å². The lowest BCUT2D eigenvalue weighted by atomic mass is 10.1. The van der Waals surface area contributed by atoms with Gasteiger partial charge in [0.25, 0.3) is 0 Å². The van der Waals surface area contributed by atoms with Crippen LogP contribution in [0.1, 0.15) is 11.4 Å². The van der Waals surface area contributed by atoms with Crippen molar-refractivity contribution in [3.8, 4) is 11.3 Å². The van der Waals surface area contributed by atoms with Crippen LogP contribution in [0.4, 0.5) is 19.0 Å². The molecule has 0 radical (unpaired) electrons. The highest BCUT2D eigenvalue weighted by Crippen LogP contribution is 2.29. The highest BCUT2D eigenvalue weighted by Gasteiger charge is 2.38. The van der Waals surface area contributed by atoms with E-state index >= 15 is 0 Å². The first kappa shape index (κ1) is 28.9. The minimum absolute atomic E-state index is 0.467. The molecule has 5 heterocycles. The van der Waals surface area contributed by atoms with Crippen molar-refractivity contribution in [1.29, 1.82) is 0 Å². The number of hydrogen-bond acceptors (Lipinski definition) is 8.